The minimum absolute atomic E-state index is 0.0598. The fraction of sp³-hybridized carbons (Fsp3) is 0.200. The first-order valence-corrected chi connectivity index (χ1v) is 11.1. The van der Waals surface area contributed by atoms with Crippen molar-refractivity contribution < 1.29 is 22.4 Å². The summed E-state index contributed by atoms with van der Waals surface area (Å²) in [5.74, 6) is -0.316. The molecule has 152 valence electrons. The van der Waals surface area contributed by atoms with Crippen LogP contribution in [0.15, 0.2) is 64.1 Å². The lowest BCUT2D eigenvalue weighted by Crippen LogP contribution is -2.23. The van der Waals surface area contributed by atoms with E-state index in [-0.39, 0.29) is 34.8 Å². The highest BCUT2D eigenvalue weighted by Crippen LogP contribution is 2.21. The maximum absolute atomic E-state index is 12.5. The monoisotopic (exact) mass is 432 g/mol. The Hall–Kier alpha value is -2.75. The quantitative estimate of drug-likeness (QED) is 0.529. The third-order valence-electron chi connectivity index (χ3n) is 4.02. The highest BCUT2D eigenvalue weighted by atomic mass is 32.2. The van der Waals surface area contributed by atoms with Crippen molar-refractivity contribution in [1.29, 1.82) is 0 Å². The lowest BCUT2D eigenvalue weighted by Gasteiger charge is -2.09. The van der Waals surface area contributed by atoms with E-state index in [1.807, 2.05) is 0 Å². The molecule has 29 heavy (non-hydrogen) atoms. The number of furan rings is 1. The van der Waals surface area contributed by atoms with Crippen LogP contribution in [0.5, 0.6) is 0 Å². The van der Waals surface area contributed by atoms with E-state index in [0.717, 1.165) is 0 Å². The first-order valence-electron chi connectivity index (χ1n) is 8.84. The number of amides is 1. The number of benzene rings is 1. The highest BCUT2D eigenvalue weighted by molar-refractivity contribution is 7.89. The number of ketones is 1. The Morgan fingerprint density at radius 3 is 2.41 bits per heavy atom. The van der Waals surface area contributed by atoms with Crippen LogP contribution in [0.2, 0.25) is 0 Å². The van der Waals surface area contributed by atoms with Crippen LogP contribution < -0.4 is 10.0 Å². The second kappa shape index (κ2) is 8.73. The molecule has 7 nitrogen and oxygen atoms in total. The van der Waals surface area contributed by atoms with Gasteiger partial charge in [0, 0.05) is 23.0 Å². The fourth-order valence-corrected chi connectivity index (χ4v) is 4.37. The summed E-state index contributed by atoms with van der Waals surface area (Å²) in [7, 11) is -3.73. The molecule has 2 aromatic heterocycles. The van der Waals surface area contributed by atoms with Crippen molar-refractivity contribution >= 4 is 38.7 Å². The van der Waals surface area contributed by atoms with Gasteiger partial charge in [0.2, 0.25) is 21.7 Å². The van der Waals surface area contributed by atoms with Crippen LogP contribution in [-0.2, 0) is 21.4 Å². The Morgan fingerprint density at radius 1 is 1.07 bits per heavy atom. The van der Waals surface area contributed by atoms with Crippen molar-refractivity contribution in [3.63, 3.8) is 0 Å². The zero-order valence-electron chi connectivity index (χ0n) is 15.8. The number of anilines is 1. The summed E-state index contributed by atoms with van der Waals surface area (Å²) in [4.78, 5) is 25.2. The standard InChI is InChI=1S/C20H20N2O5S2/c1-13(2)20(24)22-14-5-8-16(9-6-14)29(25,26)21-12-15-7-10-18(28-15)19(23)17-4-3-11-27-17/h3-11,13,21H,12H2,1-2H3,(H,22,24). The summed E-state index contributed by atoms with van der Waals surface area (Å²) in [6.45, 7) is 3.61. The average Bonchev–Trinajstić information content (AvgIpc) is 3.38. The molecule has 0 aliphatic heterocycles. The largest absolute Gasteiger partial charge is 0.461 e. The Balaban J connectivity index is 1.63. The third kappa shape index (κ3) is 5.20. The summed E-state index contributed by atoms with van der Waals surface area (Å²) >= 11 is 1.20. The van der Waals surface area contributed by atoms with Gasteiger partial charge in [-0.1, -0.05) is 13.8 Å². The van der Waals surface area contributed by atoms with E-state index in [1.165, 1.54) is 29.7 Å². The van der Waals surface area contributed by atoms with Crippen LogP contribution in [0.25, 0.3) is 0 Å². The minimum Gasteiger partial charge on any atom is -0.461 e. The zero-order valence-corrected chi connectivity index (χ0v) is 17.5. The van der Waals surface area contributed by atoms with E-state index >= 15 is 0 Å². The summed E-state index contributed by atoms with van der Waals surface area (Å²) < 4.78 is 32.6. The maximum Gasteiger partial charge on any atom is 0.240 e. The van der Waals surface area contributed by atoms with Crippen LogP contribution in [0.3, 0.4) is 0 Å². The highest BCUT2D eigenvalue weighted by Gasteiger charge is 2.17. The average molecular weight is 433 g/mol. The molecule has 0 unspecified atom stereocenters. The van der Waals surface area contributed by atoms with E-state index in [4.69, 9.17) is 4.42 Å². The first-order chi connectivity index (χ1) is 13.8. The van der Waals surface area contributed by atoms with Crippen molar-refractivity contribution in [3.8, 4) is 0 Å². The molecule has 3 rings (SSSR count). The molecule has 0 aliphatic rings. The van der Waals surface area contributed by atoms with Crippen molar-refractivity contribution in [3.05, 3.63) is 70.3 Å². The van der Waals surface area contributed by atoms with Gasteiger partial charge < -0.3 is 9.73 Å². The molecule has 2 N–H and O–H groups in total. The van der Waals surface area contributed by atoms with Crippen LogP contribution in [-0.4, -0.2) is 20.1 Å². The third-order valence-corrected chi connectivity index (χ3v) is 6.52. The van der Waals surface area contributed by atoms with E-state index in [2.05, 4.69) is 10.0 Å². The Labute approximate surface area is 172 Å². The molecule has 1 amide bonds. The number of thiophene rings is 1. The van der Waals surface area contributed by atoms with Gasteiger partial charge in [0.05, 0.1) is 16.0 Å². The van der Waals surface area contributed by atoms with Crippen molar-refractivity contribution in [2.45, 2.75) is 25.3 Å². The molecular weight excluding hydrogens is 412 g/mol. The van der Waals surface area contributed by atoms with Crippen molar-refractivity contribution in [2.24, 2.45) is 5.92 Å². The van der Waals surface area contributed by atoms with E-state index < -0.39 is 10.0 Å². The first kappa shape index (κ1) is 21.0. The Morgan fingerprint density at radius 2 is 1.79 bits per heavy atom. The molecule has 1 aromatic carbocycles. The van der Waals surface area contributed by atoms with E-state index in [0.29, 0.717) is 15.4 Å². The second-order valence-corrected chi connectivity index (χ2v) is 9.50. The number of carbonyl (C=O) groups excluding carboxylic acids is 2. The molecule has 0 spiro atoms. The number of nitrogens with one attached hydrogen (secondary N) is 2. The Kier molecular flexibility index (Phi) is 6.31. The van der Waals surface area contributed by atoms with Gasteiger partial charge in [0.25, 0.3) is 0 Å². The molecule has 0 bridgehead atoms. The van der Waals surface area contributed by atoms with Gasteiger partial charge in [-0.15, -0.1) is 11.3 Å². The summed E-state index contributed by atoms with van der Waals surface area (Å²) in [5, 5.41) is 2.71. The fourth-order valence-electron chi connectivity index (χ4n) is 2.38. The topological polar surface area (TPSA) is 105 Å². The van der Waals surface area contributed by atoms with E-state index in [9.17, 15) is 18.0 Å². The van der Waals surface area contributed by atoms with Gasteiger partial charge in [-0.25, -0.2) is 13.1 Å². The lowest BCUT2D eigenvalue weighted by atomic mass is 10.2. The molecule has 0 fully saturated rings. The molecule has 0 radical (unpaired) electrons. The van der Waals surface area contributed by atoms with Gasteiger partial charge in [0.15, 0.2) is 5.76 Å². The Bertz CT molecular complexity index is 1100. The molecule has 9 heteroatoms. The van der Waals surface area contributed by atoms with Crippen molar-refractivity contribution in [2.75, 3.05) is 5.32 Å². The van der Waals surface area contributed by atoms with Gasteiger partial charge >= 0.3 is 0 Å². The molecular formula is C20H20N2O5S2. The number of carbonyl (C=O) groups is 2. The van der Waals surface area contributed by atoms with Gasteiger partial charge in [-0.05, 0) is 48.5 Å². The lowest BCUT2D eigenvalue weighted by molar-refractivity contribution is -0.118. The number of hydrogen-bond donors (Lipinski definition) is 2. The molecule has 0 atom stereocenters. The predicted octanol–water partition coefficient (Wildman–Crippen LogP) is 3.65. The van der Waals surface area contributed by atoms with Crippen LogP contribution in [0.4, 0.5) is 5.69 Å². The summed E-state index contributed by atoms with van der Waals surface area (Å²) in [6.07, 6.45) is 1.43. The predicted molar refractivity (Wildman–Crippen MR) is 110 cm³/mol. The number of rotatable bonds is 8. The summed E-state index contributed by atoms with van der Waals surface area (Å²) in [5.41, 5.74) is 0.530. The van der Waals surface area contributed by atoms with Crippen LogP contribution in [0, 0.1) is 5.92 Å². The summed E-state index contributed by atoms with van der Waals surface area (Å²) in [6, 6.07) is 12.5. The zero-order chi connectivity index (χ0) is 21.0. The SMILES string of the molecule is CC(C)C(=O)Nc1ccc(S(=O)(=O)NCc2ccc(C(=O)c3ccco3)s2)cc1. The van der Waals surface area contributed by atoms with E-state index in [1.54, 1.807) is 50.2 Å². The normalized spacial score (nSPS) is 11.6. The maximum atomic E-state index is 12.5. The van der Waals surface area contributed by atoms with Gasteiger partial charge in [-0.2, -0.15) is 0 Å². The van der Waals surface area contributed by atoms with Crippen LogP contribution in [0.1, 0.15) is 34.2 Å². The van der Waals surface area contributed by atoms with Gasteiger partial charge in [-0.3, -0.25) is 9.59 Å². The molecule has 3 aromatic rings. The second-order valence-electron chi connectivity index (χ2n) is 6.57. The smallest absolute Gasteiger partial charge is 0.240 e. The van der Waals surface area contributed by atoms with Crippen molar-refractivity contribution in [1.82, 2.24) is 4.72 Å². The molecule has 0 aliphatic carbocycles. The minimum atomic E-state index is -3.73. The molecule has 0 saturated heterocycles. The number of hydrogen-bond acceptors (Lipinski definition) is 6. The molecule has 2 heterocycles. The number of sulfonamides is 1. The van der Waals surface area contributed by atoms with Crippen LogP contribution >= 0.6 is 11.3 Å². The van der Waals surface area contributed by atoms with Gasteiger partial charge in [0.1, 0.15) is 0 Å². The molecule has 0 saturated carbocycles.